The average molecular weight is 408 g/mol. The Labute approximate surface area is 179 Å². The summed E-state index contributed by atoms with van der Waals surface area (Å²) in [6.07, 6.45) is 3.42. The van der Waals surface area contributed by atoms with E-state index >= 15 is 0 Å². The Bertz CT molecular complexity index is 927. The number of benzene rings is 2. The first-order chi connectivity index (χ1) is 14.8. The van der Waals surface area contributed by atoms with Crippen LogP contribution in [-0.2, 0) is 17.7 Å². The Balaban J connectivity index is 1.37. The van der Waals surface area contributed by atoms with Crippen LogP contribution in [0.15, 0.2) is 48.5 Å². The lowest BCUT2D eigenvalue weighted by Gasteiger charge is -2.32. The molecule has 1 fully saturated rings. The van der Waals surface area contributed by atoms with Gasteiger partial charge >= 0.3 is 0 Å². The number of ether oxygens (including phenoxy) is 2. The van der Waals surface area contributed by atoms with Gasteiger partial charge in [-0.15, -0.1) is 0 Å². The molecule has 0 saturated carbocycles. The fourth-order valence-corrected chi connectivity index (χ4v) is 4.44. The van der Waals surface area contributed by atoms with Crippen LogP contribution in [0.3, 0.4) is 0 Å². The molecule has 5 heteroatoms. The van der Waals surface area contributed by atoms with Crippen molar-refractivity contribution in [2.24, 2.45) is 0 Å². The zero-order chi connectivity index (χ0) is 20.8. The molecule has 1 saturated heterocycles. The summed E-state index contributed by atoms with van der Waals surface area (Å²) in [7, 11) is 1.71. The molecule has 0 aliphatic carbocycles. The van der Waals surface area contributed by atoms with Crippen molar-refractivity contribution in [1.82, 2.24) is 14.5 Å². The first-order valence-electron chi connectivity index (χ1n) is 11.2. The minimum Gasteiger partial charge on any atom is -0.497 e. The highest BCUT2D eigenvalue weighted by Gasteiger charge is 2.25. The van der Waals surface area contributed by atoms with E-state index in [2.05, 4.69) is 52.8 Å². The maximum Gasteiger partial charge on any atom is 0.118 e. The van der Waals surface area contributed by atoms with Crippen molar-refractivity contribution in [3.63, 3.8) is 0 Å². The second kappa shape index (κ2) is 10.1. The van der Waals surface area contributed by atoms with Gasteiger partial charge in [-0.05, 0) is 69.1 Å². The van der Waals surface area contributed by atoms with Crippen molar-refractivity contribution < 1.29 is 9.47 Å². The number of hydrogen-bond acceptors (Lipinski definition) is 4. The largest absolute Gasteiger partial charge is 0.497 e. The van der Waals surface area contributed by atoms with Crippen molar-refractivity contribution in [2.45, 2.75) is 38.6 Å². The molecule has 160 valence electrons. The van der Waals surface area contributed by atoms with E-state index in [4.69, 9.17) is 14.5 Å². The van der Waals surface area contributed by atoms with E-state index < -0.39 is 0 Å². The van der Waals surface area contributed by atoms with Gasteiger partial charge < -0.3 is 18.9 Å². The summed E-state index contributed by atoms with van der Waals surface area (Å²) in [5, 5.41) is 0. The zero-order valence-electron chi connectivity index (χ0n) is 18.2. The molecule has 5 nitrogen and oxygen atoms in total. The van der Waals surface area contributed by atoms with Crippen LogP contribution in [0.4, 0.5) is 0 Å². The van der Waals surface area contributed by atoms with E-state index in [0.717, 1.165) is 57.1 Å². The number of rotatable bonds is 9. The van der Waals surface area contributed by atoms with Gasteiger partial charge in [0.2, 0.25) is 0 Å². The van der Waals surface area contributed by atoms with Crippen molar-refractivity contribution in [2.75, 3.05) is 40.0 Å². The number of piperidine rings is 1. The number of methoxy groups -OCH3 is 1. The van der Waals surface area contributed by atoms with E-state index in [9.17, 15) is 0 Å². The molecule has 0 spiro atoms. The molecule has 0 unspecified atom stereocenters. The van der Waals surface area contributed by atoms with Crippen LogP contribution in [-0.4, -0.2) is 54.4 Å². The standard InChI is InChI=1S/C25H33N3O2/c1-3-30-19-18-28-24-7-5-4-6-23(24)26-25(28)21-13-16-27(17-14-21)15-12-20-8-10-22(29-2)11-9-20/h4-11,21H,3,12-19H2,1-2H3. The van der Waals surface area contributed by atoms with Crippen LogP contribution >= 0.6 is 0 Å². The van der Waals surface area contributed by atoms with Crippen LogP contribution in [0.25, 0.3) is 11.0 Å². The molecular weight excluding hydrogens is 374 g/mol. The minimum absolute atomic E-state index is 0.524. The summed E-state index contributed by atoms with van der Waals surface area (Å²) in [5.41, 5.74) is 3.70. The van der Waals surface area contributed by atoms with E-state index in [1.165, 1.54) is 29.7 Å². The van der Waals surface area contributed by atoms with Crippen molar-refractivity contribution in [3.05, 3.63) is 59.9 Å². The number of nitrogens with zero attached hydrogens (tertiary/aromatic N) is 3. The highest BCUT2D eigenvalue weighted by Crippen LogP contribution is 2.30. The van der Waals surface area contributed by atoms with E-state index in [1.54, 1.807) is 7.11 Å². The third kappa shape index (κ3) is 4.85. The number of imidazole rings is 1. The first kappa shape index (κ1) is 20.9. The fourth-order valence-electron chi connectivity index (χ4n) is 4.44. The molecule has 0 bridgehead atoms. The molecule has 0 atom stereocenters. The fraction of sp³-hybridized carbons (Fsp3) is 0.480. The maximum absolute atomic E-state index is 5.64. The van der Waals surface area contributed by atoms with Crippen LogP contribution in [0, 0.1) is 0 Å². The molecule has 4 rings (SSSR count). The molecule has 2 aromatic carbocycles. The number of hydrogen-bond donors (Lipinski definition) is 0. The minimum atomic E-state index is 0.524. The SMILES string of the molecule is CCOCCn1c(C2CCN(CCc3ccc(OC)cc3)CC2)nc2ccccc21. The topological polar surface area (TPSA) is 39.5 Å². The van der Waals surface area contributed by atoms with Gasteiger partial charge in [0.05, 0.1) is 24.8 Å². The second-order valence-electron chi connectivity index (χ2n) is 8.02. The number of para-hydroxylation sites is 2. The van der Waals surface area contributed by atoms with Gasteiger partial charge in [-0.1, -0.05) is 24.3 Å². The summed E-state index contributed by atoms with van der Waals surface area (Å²) < 4.78 is 13.3. The highest BCUT2D eigenvalue weighted by molar-refractivity contribution is 5.76. The molecule has 30 heavy (non-hydrogen) atoms. The summed E-state index contributed by atoms with van der Waals surface area (Å²) in [6, 6.07) is 16.9. The lowest BCUT2D eigenvalue weighted by molar-refractivity contribution is 0.138. The maximum atomic E-state index is 5.64. The Morgan fingerprint density at radius 3 is 2.50 bits per heavy atom. The molecule has 1 aliphatic rings. The Kier molecular flexibility index (Phi) is 7.03. The van der Waals surface area contributed by atoms with Crippen LogP contribution in [0.2, 0.25) is 0 Å². The molecule has 1 aliphatic heterocycles. The van der Waals surface area contributed by atoms with E-state index in [0.29, 0.717) is 5.92 Å². The normalized spacial score (nSPS) is 15.7. The van der Waals surface area contributed by atoms with E-state index in [-0.39, 0.29) is 0 Å². The van der Waals surface area contributed by atoms with Crippen molar-refractivity contribution in [3.8, 4) is 5.75 Å². The number of aromatic nitrogens is 2. The van der Waals surface area contributed by atoms with Crippen LogP contribution in [0.5, 0.6) is 5.75 Å². The summed E-state index contributed by atoms with van der Waals surface area (Å²) in [6.45, 7) is 7.81. The molecule has 0 radical (unpaired) electrons. The molecule has 0 N–H and O–H groups in total. The quantitative estimate of drug-likeness (QED) is 0.490. The highest BCUT2D eigenvalue weighted by atomic mass is 16.5. The third-order valence-corrected chi connectivity index (χ3v) is 6.18. The van der Waals surface area contributed by atoms with E-state index in [1.807, 2.05) is 12.1 Å². The molecule has 3 aromatic rings. The third-order valence-electron chi connectivity index (χ3n) is 6.18. The Morgan fingerprint density at radius 1 is 1.00 bits per heavy atom. The van der Waals surface area contributed by atoms with Gasteiger partial charge in [-0.3, -0.25) is 0 Å². The van der Waals surface area contributed by atoms with Gasteiger partial charge in [0.1, 0.15) is 11.6 Å². The molecular formula is C25H33N3O2. The number of likely N-dealkylation sites (tertiary alicyclic amines) is 1. The van der Waals surface area contributed by atoms with Crippen LogP contribution < -0.4 is 4.74 Å². The Hall–Kier alpha value is -2.37. The molecule has 2 heterocycles. The Morgan fingerprint density at radius 2 is 1.77 bits per heavy atom. The van der Waals surface area contributed by atoms with Gasteiger partial charge in [-0.2, -0.15) is 0 Å². The van der Waals surface area contributed by atoms with Crippen LogP contribution in [0.1, 0.15) is 37.1 Å². The second-order valence-corrected chi connectivity index (χ2v) is 8.02. The average Bonchev–Trinajstić information content (AvgIpc) is 3.17. The summed E-state index contributed by atoms with van der Waals surface area (Å²) in [4.78, 5) is 7.62. The smallest absolute Gasteiger partial charge is 0.118 e. The monoisotopic (exact) mass is 407 g/mol. The van der Waals surface area contributed by atoms with Crippen molar-refractivity contribution >= 4 is 11.0 Å². The van der Waals surface area contributed by atoms with Crippen molar-refractivity contribution in [1.29, 1.82) is 0 Å². The first-order valence-corrected chi connectivity index (χ1v) is 11.2. The summed E-state index contributed by atoms with van der Waals surface area (Å²) >= 11 is 0. The zero-order valence-corrected chi connectivity index (χ0v) is 18.2. The molecule has 1 aromatic heterocycles. The van der Waals surface area contributed by atoms with Gasteiger partial charge in [-0.25, -0.2) is 4.98 Å². The predicted molar refractivity (Wildman–Crippen MR) is 121 cm³/mol. The number of fused-ring (bicyclic) bond motifs is 1. The lowest BCUT2D eigenvalue weighted by Crippen LogP contribution is -2.35. The van der Waals surface area contributed by atoms with Gasteiger partial charge in [0.15, 0.2) is 0 Å². The van der Waals surface area contributed by atoms with Gasteiger partial charge in [0.25, 0.3) is 0 Å². The summed E-state index contributed by atoms with van der Waals surface area (Å²) in [5.74, 6) is 2.69. The predicted octanol–water partition coefficient (Wildman–Crippen LogP) is 4.50. The lowest BCUT2D eigenvalue weighted by atomic mass is 9.95. The van der Waals surface area contributed by atoms with Gasteiger partial charge in [0, 0.05) is 25.6 Å². The molecule has 0 amide bonds.